The third kappa shape index (κ3) is 1.43. The molecule has 0 radical (unpaired) electrons. The van der Waals surface area contributed by atoms with Gasteiger partial charge in [0.25, 0.3) is 0 Å². The minimum atomic E-state index is 0. The summed E-state index contributed by atoms with van der Waals surface area (Å²) in [7, 11) is 0. The molecule has 58 valence electrons. The zero-order chi connectivity index (χ0) is 6.97. The molecule has 0 aliphatic carbocycles. The first-order valence-electron chi connectivity index (χ1n) is 3.24. The lowest BCUT2D eigenvalue weighted by Crippen LogP contribution is -2.03. The molecule has 1 aromatic carbocycles. The van der Waals surface area contributed by atoms with Gasteiger partial charge in [-0.15, -0.1) is 17.0 Å². The number of hydrogen-bond acceptors (Lipinski definition) is 1. The van der Waals surface area contributed by atoms with Crippen molar-refractivity contribution in [3.63, 3.8) is 0 Å². The Hall–Kier alpha value is -0.830. The van der Waals surface area contributed by atoms with E-state index in [2.05, 4.69) is 5.32 Å². The number of amides is 1. The van der Waals surface area contributed by atoms with Crippen LogP contribution in [0.4, 0.5) is 5.69 Å². The van der Waals surface area contributed by atoms with Crippen LogP contribution in [-0.2, 0) is 11.2 Å². The Morgan fingerprint density at radius 2 is 2.00 bits per heavy atom. The average Bonchev–Trinajstić information content (AvgIpc) is 2.27. The van der Waals surface area contributed by atoms with Gasteiger partial charge in [0.15, 0.2) is 0 Å². The Balaban J connectivity index is 0.000000605. The van der Waals surface area contributed by atoms with Crippen molar-refractivity contribution >= 4 is 28.6 Å². The third-order valence-corrected chi connectivity index (χ3v) is 1.64. The second kappa shape index (κ2) is 3.05. The predicted molar refractivity (Wildman–Crippen MR) is 49.1 cm³/mol. The largest absolute Gasteiger partial charge is 0.326 e. The van der Waals surface area contributed by atoms with Crippen LogP contribution in [0.15, 0.2) is 24.3 Å². The first kappa shape index (κ1) is 8.27. The highest BCUT2D eigenvalue weighted by atomic mass is 79.9. The van der Waals surface area contributed by atoms with Crippen molar-refractivity contribution in [1.82, 2.24) is 0 Å². The van der Waals surface area contributed by atoms with Gasteiger partial charge in [-0.2, -0.15) is 0 Å². The quantitative estimate of drug-likeness (QED) is 0.700. The molecular formula is C8H8BrNO. The molecule has 1 aromatic rings. The first-order valence-corrected chi connectivity index (χ1v) is 3.24. The van der Waals surface area contributed by atoms with E-state index in [1.807, 2.05) is 24.3 Å². The molecule has 0 saturated carbocycles. The Kier molecular flexibility index (Phi) is 2.29. The van der Waals surface area contributed by atoms with Crippen LogP contribution in [0.25, 0.3) is 0 Å². The van der Waals surface area contributed by atoms with Gasteiger partial charge in [-0.05, 0) is 11.6 Å². The first-order chi connectivity index (χ1) is 4.86. The number of benzene rings is 1. The second-order valence-electron chi connectivity index (χ2n) is 2.38. The van der Waals surface area contributed by atoms with E-state index >= 15 is 0 Å². The van der Waals surface area contributed by atoms with Crippen molar-refractivity contribution in [3.05, 3.63) is 29.8 Å². The number of para-hydroxylation sites is 1. The Morgan fingerprint density at radius 1 is 1.27 bits per heavy atom. The van der Waals surface area contributed by atoms with E-state index in [1.165, 1.54) is 0 Å². The van der Waals surface area contributed by atoms with Crippen LogP contribution in [0, 0.1) is 0 Å². The molecular weight excluding hydrogens is 206 g/mol. The highest BCUT2D eigenvalue weighted by Crippen LogP contribution is 2.20. The Labute approximate surface area is 75.4 Å². The summed E-state index contributed by atoms with van der Waals surface area (Å²) >= 11 is 0. The summed E-state index contributed by atoms with van der Waals surface area (Å²) in [5.41, 5.74) is 2.07. The van der Waals surface area contributed by atoms with Gasteiger partial charge >= 0.3 is 0 Å². The van der Waals surface area contributed by atoms with Crippen molar-refractivity contribution in [2.45, 2.75) is 6.42 Å². The molecule has 2 nitrogen and oxygen atoms in total. The number of rotatable bonds is 0. The number of carbonyl (C=O) groups excluding carboxylic acids is 1. The number of anilines is 1. The van der Waals surface area contributed by atoms with Crippen LogP contribution in [-0.4, -0.2) is 5.91 Å². The van der Waals surface area contributed by atoms with Crippen LogP contribution in [0.5, 0.6) is 0 Å². The molecule has 0 saturated heterocycles. The van der Waals surface area contributed by atoms with Crippen LogP contribution in [0.3, 0.4) is 0 Å². The molecule has 0 aromatic heterocycles. The summed E-state index contributed by atoms with van der Waals surface area (Å²) in [5, 5.41) is 2.76. The van der Waals surface area contributed by atoms with Gasteiger partial charge in [0, 0.05) is 5.69 Å². The highest BCUT2D eigenvalue weighted by molar-refractivity contribution is 8.93. The summed E-state index contributed by atoms with van der Waals surface area (Å²) in [6.45, 7) is 0. The summed E-state index contributed by atoms with van der Waals surface area (Å²) < 4.78 is 0. The zero-order valence-corrected chi connectivity index (χ0v) is 7.55. The van der Waals surface area contributed by atoms with Gasteiger partial charge in [0.1, 0.15) is 0 Å². The lowest BCUT2D eigenvalue weighted by atomic mass is 10.2. The Bertz CT molecular complexity index is 258. The third-order valence-electron chi connectivity index (χ3n) is 1.64. The molecule has 1 heterocycles. The summed E-state index contributed by atoms with van der Waals surface area (Å²) in [6.07, 6.45) is 0.538. The lowest BCUT2D eigenvalue weighted by molar-refractivity contribution is -0.115. The molecule has 3 heteroatoms. The molecule has 1 amide bonds. The molecule has 11 heavy (non-hydrogen) atoms. The van der Waals surface area contributed by atoms with Crippen molar-refractivity contribution in [2.75, 3.05) is 5.32 Å². The van der Waals surface area contributed by atoms with E-state index in [0.717, 1.165) is 11.3 Å². The van der Waals surface area contributed by atoms with Crippen molar-refractivity contribution in [3.8, 4) is 0 Å². The molecule has 0 unspecified atom stereocenters. The SMILES string of the molecule is Br.O=C1Cc2ccccc2N1. The van der Waals surface area contributed by atoms with Crippen molar-refractivity contribution in [1.29, 1.82) is 0 Å². The van der Waals surface area contributed by atoms with Gasteiger partial charge in [-0.1, -0.05) is 18.2 Å². The van der Waals surface area contributed by atoms with E-state index in [-0.39, 0.29) is 22.9 Å². The molecule has 1 N–H and O–H groups in total. The van der Waals surface area contributed by atoms with Gasteiger partial charge in [-0.3, -0.25) is 4.79 Å². The van der Waals surface area contributed by atoms with Gasteiger partial charge in [0.2, 0.25) is 5.91 Å². The molecule has 1 aliphatic rings. The van der Waals surface area contributed by atoms with E-state index < -0.39 is 0 Å². The number of hydrogen-bond donors (Lipinski definition) is 1. The predicted octanol–water partition coefficient (Wildman–Crippen LogP) is 1.76. The second-order valence-corrected chi connectivity index (χ2v) is 2.38. The number of nitrogens with one attached hydrogen (secondary N) is 1. The standard InChI is InChI=1S/C8H7NO.BrH/c10-8-5-6-3-1-2-4-7(6)9-8;/h1-4H,5H2,(H,9,10);1H. The summed E-state index contributed by atoms with van der Waals surface area (Å²) in [4.78, 5) is 10.8. The number of halogens is 1. The van der Waals surface area contributed by atoms with E-state index in [0.29, 0.717) is 6.42 Å². The lowest BCUT2D eigenvalue weighted by Gasteiger charge is -1.93. The molecule has 0 atom stereocenters. The zero-order valence-electron chi connectivity index (χ0n) is 5.83. The molecule has 2 rings (SSSR count). The maximum Gasteiger partial charge on any atom is 0.228 e. The van der Waals surface area contributed by atoms with Crippen LogP contribution in [0.1, 0.15) is 5.56 Å². The van der Waals surface area contributed by atoms with Gasteiger partial charge in [0.05, 0.1) is 6.42 Å². The Morgan fingerprint density at radius 3 is 2.73 bits per heavy atom. The van der Waals surface area contributed by atoms with Crippen molar-refractivity contribution in [2.24, 2.45) is 0 Å². The fraction of sp³-hybridized carbons (Fsp3) is 0.125. The average molecular weight is 214 g/mol. The van der Waals surface area contributed by atoms with E-state index in [9.17, 15) is 4.79 Å². The normalized spacial score (nSPS) is 13.3. The summed E-state index contributed by atoms with van der Waals surface area (Å²) in [6, 6.07) is 7.75. The topological polar surface area (TPSA) is 29.1 Å². The molecule has 0 fully saturated rings. The molecule has 0 bridgehead atoms. The van der Waals surface area contributed by atoms with Gasteiger partial charge in [-0.25, -0.2) is 0 Å². The monoisotopic (exact) mass is 213 g/mol. The van der Waals surface area contributed by atoms with Crippen LogP contribution < -0.4 is 5.32 Å². The molecule has 1 aliphatic heterocycles. The number of fused-ring (bicyclic) bond motifs is 1. The fourth-order valence-electron chi connectivity index (χ4n) is 1.16. The minimum Gasteiger partial charge on any atom is -0.326 e. The maximum atomic E-state index is 10.8. The summed E-state index contributed by atoms with van der Waals surface area (Å²) in [5.74, 6) is 0.0983. The van der Waals surface area contributed by atoms with Gasteiger partial charge < -0.3 is 5.32 Å². The highest BCUT2D eigenvalue weighted by Gasteiger charge is 2.15. The minimum absolute atomic E-state index is 0. The fourth-order valence-corrected chi connectivity index (χ4v) is 1.16. The van der Waals surface area contributed by atoms with E-state index in [4.69, 9.17) is 0 Å². The number of carbonyl (C=O) groups is 1. The van der Waals surface area contributed by atoms with E-state index in [1.54, 1.807) is 0 Å². The molecule has 0 spiro atoms. The van der Waals surface area contributed by atoms with Crippen LogP contribution in [0.2, 0.25) is 0 Å². The smallest absolute Gasteiger partial charge is 0.228 e. The van der Waals surface area contributed by atoms with Crippen LogP contribution >= 0.6 is 17.0 Å². The maximum absolute atomic E-state index is 10.8. The van der Waals surface area contributed by atoms with Crippen molar-refractivity contribution < 1.29 is 4.79 Å².